The van der Waals surface area contributed by atoms with Gasteiger partial charge in [0.05, 0.1) is 10.7 Å². The van der Waals surface area contributed by atoms with Gasteiger partial charge in [0.1, 0.15) is 11.4 Å². The molecule has 0 fully saturated rings. The zero-order valence-electron chi connectivity index (χ0n) is 7.88. The fourth-order valence-corrected chi connectivity index (χ4v) is 1.91. The molecule has 2 rings (SSSR count). The van der Waals surface area contributed by atoms with Gasteiger partial charge in [-0.05, 0) is 51.6 Å². The van der Waals surface area contributed by atoms with Crippen molar-refractivity contribution in [1.82, 2.24) is 0 Å². The zero-order valence-corrected chi connectivity index (χ0v) is 10.0. The van der Waals surface area contributed by atoms with Gasteiger partial charge in [0.25, 0.3) is 0 Å². The van der Waals surface area contributed by atoms with Gasteiger partial charge in [-0.25, -0.2) is 0 Å². The zero-order chi connectivity index (χ0) is 10.1. The third-order valence-electron chi connectivity index (χ3n) is 2.21. The molecule has 0 spiro atoms. The van der Waals surface area contributed by atoms with Crippen LogP contribution in [-0.4, -0.2) is 7.11 Å². The normalized spacial score (nSPS) is 10.5. The lowest BCUT2D eigenvalue weighted by Gasteiger charge is -2.03. The molecule has 0 radical (unpaired) electrons. The first kappa shape index (κ1) is 9.73. The van der Waals surface area contributed by atoms with Gasteiger partial charge in [-0.15, -0.1) is 0 Å². The number of halogens is 1. The van der Waals surface area contributed by atoms with Crippen molar-refractivity contribution in [1.29, 1.82) is 0 Å². The number of benzene rings is 2. The Kier molecular flexibility index (Phi) is 2.60. The third kappa shape index (κ3) is 1.69. The van der Waals surface area contributed by atoms with Crippen LogP contribution in [-0.2, 0) is 0 Å². The van der Waals surface area contributed by atoms with Crippen molar-refractivity contribution in [3.63, 3.8) is 0 Å². The smallest absolute Gasteiger partial charge is 0.142 e. The Balaban J connectivity index is 2.70. The number of quaternary nitrogens is 1. The number of methoxy groups -OCH3 is 1. The number of rotatable bonds is 1. The van der Waals surface area contributed by atoms with E-state index >= 15 is 0 Å². The van der Waals surface area contributed by atoms with Crippen molar-refractivity contribution in [3.8, 4) is 5.75 Å². The summed E-state index contributed by atoms with van der Waals surface area (Å²) < 4.78 is 6.36. The first-order chi connectivity index (χ1) is 6.70. The van der Waals surface area contributed by atoms with Crippen LogP contribution in [0.15, 0.2) is 30.3 Å². The van der Waals surface area contributed by atoms with Crippen LogP contribution in [0.5, 0.6) is 5.75 Å². The molecule has 0 unspecified atom stereocenters. The summed E-state index contributed by atoms with van der Waals surface area (Å²) >= 11 is 2.30. The van der Waals surface area contributed by atoms with E-state index in [9.17, 15) is 0 Å². The quantitative estimate of drug-likeness (QED) is 0.806. The standard InChI is InChI=1S/C11H10INO/c1-14-9-3-2-7-5-10(12)11(13)6-8(7)4-9/h2-6H,13H2,1H3/p+1. The Bertz CT molecular complexity index is 482. The van der Waals surface area contributed by atoms with Crippen LogP contribution in [0.3, 0.4) is 0 Å². The predicted octanol–water partition coefficient (Wildman–Crippen LogP) is 2.33. The molecule has 0 saturated carbocycles. The number of hydrogen-bond acceptors (Lipinski definition) is 1. The molecule has 0 bridgehead atoms. The molecular weight excluding hydrogens is 289 g/mol. The highest BCUT2D eigenvalue weighted by molar-refractivity contribution is 14.1. The van der Waals surface area contributed by atoms with Gasteiger partial charge in [-0.1, -0.05) is 6.07 Å². The first-order valence-corrected chi connectivity index (χ1v) is 5.38. The van der Waals surface area contributed by atoms with E-state index in [2.05, 4.69) is 46.5 Å². The maximum absolute atomic E-state index is 5.17. The van der Waals surface area contributed by atoms with Crippen molar-refractivity contribution < 1.29 is 10.5 Å². The van der Waals surface area contributed by atoms with Crippen LogP contribution >= 0.6 is 22.6 Å². The summed E-state index contributed by atoms with van der Waals surface area (Å²) in [5, 5.41) is 2.40. The maximum Gasteiger partial charge on any atom is 0.142 e. The van der Waals surface area contributed by atoms with E-state index in [1.807, 2.05) is 12.1 Å². The first-order valence-electron chi connectivity index (χ1n) is 4.30. The van der Waals surface area contributed by atoms with E-state index in [1.165, 1.54) is 14.3 Å². The second kappa shape index (κ2) is 3.74. The maximum atomic E-state index is 5.17. The van der Waals surface area contributed by atoms with Gasteiger partial charge in [0.2, 0.25) is 0 Å². The van der Waals surface area contributed by atoms with Crippen LogP contribution in [0, 0.1) is 3.57 Å². The van der Waals surface area contributed by atoms with Crippen molar-refractivity contribution >= 4 is 39.1 Å². The molecule has 0 amide bonds. The molecule has 0 atom stereocenters. The van der Waals surface area contributed by atoms with Crippen LogP contribution in [0.25, 0.3) is 10.8 Å². The van der Waals surface area contributed by atoms with Crippen LogP contribution in [0.2, 0.25) is 0 Å². The van der Waals surface area contributed by atoms with E-state index in [1.54, 1.807) is 7.11 Å². The third-order valence-corrected chi connectivity index (χ3v) is 3.22. The average Bonchev–Trinajstić information content (AvgIpc) is 2.19. The highest BCUT2D eigenvalue weighted by Crippen LogP contribution is 2.25. The molecule has 2 nitrogen and oxygen atoms in total. The Morgan fingerprint density at radius 3 is 2.64 bits per heavy atom. The van der Waals surface area contributed by atoms with Crippen LogP contribution in [0.1, 0.15) is 0 Å². The average molecular weight is 300 g/mol. The minimum atomic E-state index is 0.887. The molecule has 2 aromatic carbocycles. The molecule has 3 heteroatoms. The molecule has 0 aliphatic heterocycles. The van der Waals surface area contributed by atoms with Gasteiger partial charge in [0.15, 0.2) is 0 Å². The lowest BCUT2D eigenvalue weighted by molar-refractivity contribution is -0.255. The van der Waals surface area contributed by atoms with Gasteiger partial charge in [0, 0.05) is 6.07 Å². The molecular formula is C11H11INO+. The van der Waals surface area contributed by atoms with Crippen molar-refractivity contribution in [2.45, 2.75) is 0 Å². The minimum absolute atomic E-state index is 0.887. The van der Waals surface area contributed by atoms with E-state index in [4.69, 9.17) is 4.74 Å². The number of ether oxygens (including phenoxy) is 1. The molecule has 72 valence electrons. The Hall–Kier alpha value is -0.810. The largest absolute Gasteiger partial charge is 0.497 e. The lowest BCUT2D eigenvalue weighted by atomic mass is 10.1. The molecule has 0 heterocycles. The van der Waals surface area contributed by atoms with E-state index < -0.39 is 0 Å². The second-order valence-corrected chi connectivity index (χ2v) is 4.32. The predicted molar refractivity (Wildman–Crippen MR) is 65.8 cm³/mol. The summed E-state index contributed by atoms with van der Waals surface area (Å²) in [5.41, 5.74) is 5.04. The van der Waals surface area contributed by atoms with Crippen molar-refractivity contribution in [2.75, 3.05) is 7.11 Å². The molecule has 2 aromatic rings. The SMILES string of the molecule is COc1ccc2cc(I)c([NH3+])cc2c1. The lowest BCUT2D eigenvalue weighted by Crippen LogP contribution is -2.41. The van der Waals surface area contributed by atoms with Gasteiger partial charge in [-0.2, -0.15) is 0 Å². The summed E-state index contributed by atoms with van der Waals surface area (Å²) in [6.07, 6.45) is 0. The van der Waals surface area contributed by atoms with Crippen LogP contribution in [0.4, 0.5) is 5.69 Å². The minimum Gasteiger partial charge on any atom is -0.497 e. The molecule has 0 aliphatic carbocycles. The molecule has 3 N–H and O–H groups in total. The summed E-state index contributed by atoms with van der Waals surface area (Å²) in [6.45, 7) is 0. The fourth-order valence-electron chi connectivity index (χ4n) is 1.42. The Morgan fingerprint density at radius 2 is 1.93 bits per heavy atom. The highest BCUT2D eigenvalue weighted by Gasteiger charge is 2.02. The molecule has 0 aromatic heterocycles. The van der Waals surface area contributed by atoms with Crippen molar-refractivity contribution in [2.24, 2.45) is 0 Å². The van der Waals surface area contributed by atoms with Gasteiger partial charge in [-0.3, -0.25) is 0 Å². The van der Waals surface area contributed by atoms with E-state index in [-0.39, 0.29) is 0 Å². The molecule has 0 aliphatic rings. The Labute approximate surface area is 96.2 Å². The van der Waals surface area contributed by atoms with E-state index in [0.717, 1.165) is 11.4 Å². The van der Waals surface area contributed by atoms with Crippen LogP contribution < -0.4 is 10.5 Å². The molecule has 0 saturated heterocycles. The van der Waals surface area contributed by atoms with Gasteiger partial charge < -0.3 is 10.5 Å². The summed E-state index contributed by atoms with van der Waals surface area (Å²) in [5.74, 6) is 0.887. The molecule has 14 heavy (non-hydrogen) atoms. The monoisotopic (exact) mass is 300 g/mol. The second-order valence-electron chi connectivity index (χ2n) is 3.16. The van der Waals surface area contributed by atoms with E-state index in [0.29, 0.717) is 0 Å². The van der Waals surface area contributed by atoms with Gasteiger partial charge >= 0.3 is 0 Å². The van der Waals surface area contributed by atoms with Crippen molar-refractivity contribution in [3.05, 3.63) is 33.9 Å². The number of hydrogen-bond donors (Lipinski definition) is 1. The summed E-state index contributed by atoms with van der Waals surface area (Å²) in [7, 11) is 1.68. The number of fused-ring (bicyclic) bond motifs is 1. The summed E-state index contributed by atoms with van der Waals surface area (Å²) in [4.78, 5) is 0. The summed E-state index contributed by atoms with van der Waals surface area (Å²) in [6, 6.07) is 10.3. The topological polar surface area (TPSA) is 36.9 Å². The Morgan fingerprint density at radius 1 is 1.14 bits per heavy atom. The fraction of sp³-hybridized carbons (Fsp3) is 0.0909. The highest BCUT2D eigenvalue weighted by atomic mass is 127.